The van der Waals surface area contributed by atoms with Gasteiger partial charge in [-0.1, -0.05) is 12.1 Å². The van der Waals surface area contributed by atoms with Gasteiger partial charge in [-0.2, -0.15) is 0 Å². The Labute approximate surface area is 94.5 Å². The van der Waals surface area contributed by atoms with Crippen molar-refractivity contribution in [1.82, 2.24) is 4.90 Å². The number of amides is 1. The standard InChI is InChI=1S/C12H14N2O2/c15-9-11-3-1-2-4-12(11)14-7-5-13(10-16)6-8-14/h1-4,9-10H,5-8H2. The Balaban J connectivity index is 2.13. The number of anilines is 1. The highest BCUT2D eigenvalue weighted by Gasteiger charge is 2.17. The van der Waals surface area contributed by atoms with Gasteiger partial charge < -0.3 is 9.80 Å². The number of benzene rings is 1. The lowest BCUT2D eigenvalue weighted by Gasteiger charge is -2.34. The number of carbonyl (C=O) groups is 2. The van der Waals surface area contributed by atoms with Crippen molar-refractivity contribution >= 4 is 18.4 Å². The molecule has 4 heteroatoms. The number of piperazine rings is 1. The summed E-state index contributed by atoms with van der Waals surface area (Å²) in [6, 6.07) is 7.54. The second-order valence-corrected chi connectivity index (χ2v) is 3.81. The minimum Gasteiger partial charge on any atom is -0.367 e. The van der Waals surface area contributed by atoms with E-state index in [2.05, 4.69) is 4.90 Å². The fraction of sp³-hybridized carbons (Fsp3) is 0.333. The van der Waals surface area contributed by atoms with Crippen molar-refractivity contribution in [3.05, 3.63) is 29.8 Å². The van der Waals surface area contributed by atoms with Gasteiger partial charge in [-0.3, -0.25) is 9.59 Å². The van der Waals surface area contributed by atoms with Crippen molar-refractivity contribution in [3.63, 3.8) is 0 Å². The molecule has 1 fully saturated rings. The average molecular weight is 218 g/mol. The monoisotopic (exact) mass is 218 g/mol. The first-order valence-corrected chi connectivity index (χ1v) is 5.33. The molecule has 1 aliphatic rings. The molecule has 0 bridgehead atoms. The van der Waals surface area contributed by atoms with Gasteiger partial charge in [0.2, 0.25) is 6.41 Å². The third kappa shape index (κ3) is 2.05. The van der Waals surface area contributed by atoms with Crippen molar-refractivity contribution in [1.29, 1.82) is 0 Å². The third-order valence-electron chi connectivity index (χ3n) is 2.87. The van der Waals surface area contributed by atoms with Crippen LogP contribution in [0.5, 0.6) is 0 Å². The van der Waals surface area contributed by atoms with Crippen LogP contribution in [0, 0.1) is 0 Å². The van der Waals surface area contributed by atoms with E-state index < -0.39 is 0 Å². The van der Waals surface area contributed by atoms with Crippen molar-refractivity contribution in [2.24, 2.45) is 0 Å². The largest absolute Gasteiger partial charge is 0.367 e. The summed E-state index contributed by atoms with van der Waals surface area (Å²) in [5, 5.41) is 0. The minimum atomic E-state index is 0.710. The Bertz CT molecular complexity index is 384. The molecule has 0 spiro atoms. The van der Waals surface area contributed by atoms with Gasteiger partial charge in [-0.25, -0.2) is 0 Å². The van der Waals surface area contributed by atoms with E-state index in [0.29, 0.717) is 5.56 Å². The molecule has 2 rings (SSSR count). The van der Waals surface area contributed by atoms with Crippen molar-refractivity contribution in [2.45, 2.75) is 0 Å². The Morgan fingerprint density at radius 2 is 1.69 bits per heavy atom. The van der Waals surface area contributed by atoms with Crippen LogP contribution in [0.2, 0.25) is 0 Å². The normalized spacial score (nSPS) is 16.0. The quantitative estimate of drug-likeness (QED) is 0.704. The number of aldehydes is 1. The summed E-state index contributed by atoms with van der Waals surface area (Å²) in [4.78, 5) is 25.4. The molecular weight excluding hydrogens is 204 g/mol. The number of hydrogen-bond acceptors (Lipinski definition) is 3. The summed E-state index contributed by atoms with van der Waals surface area (Å²) < 4.78 is 0. The van der Waals surface area contributed by atoms with Crippen LogP contribution in [-0.2, 0) is 4.79 Å². The molecule has 0 aromatic heterocycles. The second-order valence-electron chi connectivity index (χ2n) is 3.81. The first-order valence-electron chi connectivity index (χ1n) is 5.33. The number of carbonyl (C=O) groups excluding carboxylic acids is 2. The number of nitrogens with zero attached hydrogens (tertiary/aromatic N) is 2. The van der Waals surface area contributed by atoms with E-state index in [9.17, 15) is 9.59 Å². The topological polar surface area (TPSA) is 40.6 Å². The predicted molar refractivity (Wildman–Crippen MR) is 61.7 cm³/mol. The van der Waals surface area contributed by atoms with E-state index in [1.807, 2.05) is 24.3 Å². The zero-order valence-corrected chi connectivity index (χ0v) is 9.00. The lowest BCUT2D eigenvalue weighted by molar-refractivity contribution is -0.118. The zero-order valence-electron chi connectivity index (χ0n) is 9.00. The number of hydrogen-bond donors (Lipinski definition) is 0. The van der Waals surface area contributed by atoms with Crippen LogP contribution < -0.4 is 4.90 Å². The van der Waals surface area contributed by atoms with Gasteiger partial charge in [-0.15, -0.1) is 0 Å². The third-order valence-corrected chi connectivity index (χ3v) is 2.87. The van der Waals surface area contributed by atoms with Crippen molar-refractivity contribution in [2.75, 3.05) is 31.1 Å². The van der Waals surface area contributed by atoms with E-state index in [-0.39, 0.29) is 0 Å². The van der Waals surface area contributed by atoms with E-state index in [0.717, 1.165) is 44.6 Å². The molecule has 0 atom stereocenters. The van der Waals surface area contributed by atoms with Crippen LogP contribution in [0.25, 0.3) is 0 Å². The van der Waals surface area contributed by atoms with Crippen molar-refractivity contribution < 1.29 is 9.59 Å². The lowest BCUT2D eigenvalue weighted by atomic mass is 10.1. The highest BCUT2D eigenvalue weighted by molar-refractivity contribution is 5.84. The molecule has 0 unspecified atom stereocenters. The molecule has 84 valence electrons. The number of rotatable bonds is 3. The van der Waals surface area contributed by atoms with Gasteiger partial charge in [0.05, 0.1) is 0 Å². The first kappa shape index (κ1) is 10.7. The van der Waals surface area contributed by atoms with Crippen LogP contribution >= 0.6 is 0 Å². The van der Waals surface area contributed by atoms with E-state index >= 15 is 0 Å². The summed E-state index contributed by atoms with van der Waals surface area (Å²) in [7, 11) is 0. The fourth-order valence-electron chi connectivity index (χ4n) is 1.94. The molecule has 0 saturated carbocycles. The van der Waals surface area contributed by atoms with Gasteiger partial charge in [0.15, 0.2) is 6.29 Å². The Morgan fingerprint density at radius 1 is 1.00 bits per heavy atom. The Kier molecular flexibility index (Phi) is 3.19. The highest BCUT2D eigenvalue weighted by Crippen LogP contribution is 2.19. The molecule has 1 saturated heterocycles. The Hall–Kier alpha value is -1.84. The van der Waals surface area contributed by atoms with E-state index in [4.69, 9.17) is 0 Å². The molecule has 1 heterocycles. The van der Waals surface area contributed by atoms with Gasteiger partial charge in [0.1, 0.15) is 0 Å². The van der Waals surface area contributed by atoms with Crippen LogP contribution in [0.3, 0.4) is 0 Å². The summed E-state index contributed by atoms with van der Waals surface area (Å²) in [6.45, 7) is 3.00. The summed E-state index contributed by atoms with van der Waals surface area (Å²) in [6.07, 6.45) is 1.75. The molecule has 0 radical (unpaired) electrons. The van der Waals surface area contributed by atoms with Crippen LogP contribution in [0.1, 0.15) is 10.4 Å². The van der Waals surface area contributed by atoms with Gasteiger partial charge >= 0.3 is 0 Å². The highest BCUT2D eigenvalue weighted by atomic mass is 16.1. The summed E-state index contributed by atoms with van der Waals surface area (Å²) >= 11 is 0. The maximum absolute atomic E-state index is 10.9. The summed E-state index contributed by atoms with van der Waals surface area (Å²) in [5.41, 5.74) is 1.67. The average Bonchev–Trinajstić information content (AvgIpc) is 2.39. The van der Waals surface area contributed by atoms with Gasteiger partial charge in [0, 0.05) is 37.4 Å². The smallest absolute Gasteiger partial charge is 0.209 e. The van der Waals surface area contributed by atoms with Crippen LogP contribution in [-0.4, -0.2) is 43.8 Å². The molecule has 0 aliphatic carbocycles. The van der Waals surface area contributed by atoms with Crippen LogP contribution in [0.4, 0.5) is 5.69 Å². The predicted octanol–water partition coefficient (Wildman–Crippen LogP) is 0.777. The van der Waals surface area contributed by atoms with Crippen LogP contribution in [0.15, 0.2) is 24.3 Å². The minimum absolute atomic E-state index is 0.710. The molecule has 16 heavy (non-hydrogen) atoms. The summed E-state index contributed by atoms with van der Waals surface area (Å²) in [5.74, 6) is 0. The van der Waals surface area contributed by atoms with Gasteiger partial charge in [-0.05, 0) is 12.1 Å². The second kappa shape index (κ2) is 4.79. The molecular formula is C12H14N2O2. The molecule has 1 aliphatic heterocycles. The number of para-hydroxylation sites is 1. The zero-order chi connectivity index (χ0) is 11.4. The maximum atomic E-state index is 10.9. The molecule has 0 N–H and O–H groups in total. The maximum Gasteiger partial charge on any atom is 0.209 e. The van der Waals surface area contributed by atoms with Gasteiger partial charge in [0.25, 0.3) is 0 Å². The molecule has 1 aromatic carbocycles. The molecule has 1 amide bonds. The Morgan fingerprint density at radius 3 is 2.31 bits per heavy atom. The van der Waals surface area contributed by atoms with E-state index in [1.165, 1.54) is 0 Å². The first-order chi connectivity index (χ1) is 7.85. The lowest BCUT2D eigenvalue weighted by Crippen LogP contribution is -2.46. The molecule has 1 aromatic rings. The SMILES string of the molecule is O=Cc1ccccc1N1CCN(C=O)CC1. The molecule has 4 nitrogen and oxygen atoms in total. The van der Waals surface area contributed by atoms with Crippen molar-refractivity contribution in [3.8, 4) is 0 Å². The fourth-order valence-corrected chi connectivity index (χ4v) is 1.94. The van der Waals surface area contributed by atoms with E-state index in [1.54, 1.807) is 4.90 Å².